The molecule has 1 N–H and O–H groups in total. The summed E-state index contributed by atoms with van der Waals surface area (Å²) < 4.78 is 0. The summed E-state index contributed by atoms with van der Waals surface area (Å²) in [7, 11) is 0. The number of amides is 1. The fourth-order valence-corrected chi connectivity index (χ4v) is 2.39. The second-order valence-electron chi connectivity index (χ2n) is 4.81. The topological polar surface area (TPSA) is 32.3 Å². The Morgan fingerprint density at radius 2 is 2.22 bits per heavy atom. The first kappa shape index (κ1) is 13.1. The van der Waals surface area contributed by atoms with Crippen LogP contribution in [0.1, 0.15) is 31.7 Å². The van der Waals surface area contributed by atoms with Gasteiger partial charge in [-0.1, -0.05) is 31.5 Å². The number of nitrogens with zero attached hydrogens (tertiary/aromatic N) is 1. The molecular formula is C15H22N2O. The van der Waals surface area contributed by atoms with Crippen LogP contribution in [-0.4, -0.2) is 25.5 Å². The average molecular weight is 246 g/mol. The number of para-hydroxylation sites is 1. The number of carbonyl (C=O) groups is 1. The van der Waals surface area contributed by atoms with Crippen molar-refractivity contribution in [1.29, 1.82) is 0 Å². The van der Waals surface area contributed by atoms with Crippen LogP contribution in [0.2, 0.25) is 0 Å². The molecule has 2 rings (SSSR count). The second kappa shape index (κ2) is 6.55. The Bertz CT molecular complexity index is 403. The van der Waals surface area contributed by atoms with Gasteiger partial charge in [0.2, 0.25) is 5.91 Å². The van der Waals surface area contributed by atoms with Crippen molar-refractivity contribution in [2.24, 2.45) is 0 Å². The maximum absolute atomic E-state index is 12.2. The zero-order chi connectivity index (χ0) is 12.8. The summed E-state index contributed by atoms with van der Waals surface area (Å²) >= 11 is 0. The minimum atomic E-state index is 0.193. The third kappa shape index (κ3) is 3.10. The molecule has 0 radical (unpaired) electrons. The summed E-state index contributed by atoms with van der Waals surface area (Å²) in [6.45, 7) is 4.39. The van der Waals surface area contributed by atoms with Gasteiger partial charge in [0.05, 0.1) is 6.54 Å². The lowest BCUT2D eigenvalue weighted by molar-refractivity contribution is -0.117. The second-order valence-corrected chi connectivity index (χ2v) is 4.81. The number of benzene rings is 1. The first-order valence-electron chi connectivity index (χ1n) is 6.92. The van der Waals surface area contributed by atoms with Gasteiger partial charge < -0.3 is 10.2 Å². The van der Waals surface area contributed by atoms with E-state index in [4.69, 9.17) is 0 Å². The zero-order valence-corrected chi connectivity index (χ0v) is 11.1. The van der Waals surface area contributed by atoms with Gasteiger partial charge in [0.1, 0.15) is 0 Å². The van der Waals surface area contributed by atoms with Crippen LogP contribution in [0.3, 0.4) is 0 Å². The predicted octanol–water partition coefficient (Wildman–Crippen LogP) is 2.36. The Morgan fingerprint density at radius 1 is 1.39 bits per heavy atom. The number of rotatable bonds is 5. The Balaban J connectivity index is 1.95. The van der Waals surface area contributed by atoms with Crippen LogP contribution >= 0.6 is 0 Å². The van der Waals surface area contributed by atoms with Crippen LogP contribution in [0, 0.1) is 0 Å². The lowest BCUT2D eigenvalue weighted by Crippen LogP contribution is -2.41. The molecule has 0 spiro atoms. The smallest absolute Gasteiger partial charge is 0.240 e. The number of nitrogens with one attached hydrogen (secondary N) is 1. The van der Waals surface area contributed by atoms with Gasteiger partial charge in [0.15, 0.2) is 0 Å². The van der Waals surface area contributed by atoms with Crippen LogP contribution in [0.15, 0.2) is 24.3 Å². The molecule has 0 aromatic heterocycles. The van der Waals surface area contributed by atoms with E-state index in [0.717, 1.165) is 44.5 Å². The van der Waals surface area contributed by atoms with E-state index in [1.807, 2.05) is 17.0 Å². The van der Waals surface area contributed by atoms with Crippen LogP contribution in [0.4, 0.5) is 5.69 Å². The molecule has 0 saturated carbocycles. The van der Waals surface area contributed by atoms with Crippen LogP contribution in [0.25, 0.3) is 0 Å². The van der Waals surface area contributed by atoms with Crippen molar-refractivity contribution < 1.29 is 4.79 Å². The first-order chi connectivity index (χ1) is 8.83. The van der Waals surface area contributed by atoms with Gasteiger partial charge in [-0.05, 0) is 37.4 Å². The summed E-state index contributed by atoms with van der Waals surface area (Å²) in [5.41, 5.74) is 2.40. The molecule has 3 nitrogen and oxygen atoms in total. The van der Waals surface area contributed by atoms with Gasteiger partial charge in [0.25, 0.3) is 0 Å². The molecule has 1 amide bonds. The number of anilines is 1. The van der Waals surface area contributed by atoms with E-state index in [9.17, 15) is 4.79 Å². The molecule has 1 aromatic rings. The summed E-state index contributed by atoms with van der Waals surface area (Å²) in [6, 6.07) is 8.24. The van der Waals surface area contributed by atoms with E-state index >= 15 is 0 Å². The molecule has 1 aliphatic heterocycles. The van der Waals surface area contributed by atoms with E-state index in [1.54, 1.807) is 0 Å². The first-order valence-corrected chi connectivity index (χ1v) is 6.92. The van der Waals surface area contributed by atoms with Crippen LogP contribution < -0.4 is 10.2 Å². The monoisotopic (exact) mass is 246 g/mol. The number of unbranched alkanes of at least 4 members (excludes halogenated alkanes) is 1. The molecule has 1 aliphatic rings. The number of aryl methyl sites for hydroxylation is 1. The van der Waals surface area contributed by atoms with E-state index in [0.29, 0.717) is 6.54 Å². The predicted molar refractivity (Wildman–Crippen MR) is 74.9 cm³/mol. The lowest BCUT2D eigenvalue weighted by Gasteiger charge is -2.29. The highest BCUT2D eigenvalue weighted by Gasteiger charge is 2.21. The molecule has 0 bridgehead atoms. The van der Waals surface area contributed by atoms with E-state index in [-0.39, 0.29) is 5.91 Å². The highest BCUT2D eigenvalue weighted by molar-refractivity contribution is 5.95. The number of fused-ring (bicyclic) bond motifs is 1. The third-order valence-corrected chi connectivity index (χ3v) is 3.39. The van der Waals surface area contributed by atoms with Crippen molar-refractivity contribution in [3.8, 4) is 0 Å². The van der Waals surface area contributed by atoms with E-state index in [2.05, 4.69) is 24.4 Å². The van der Waals surface area contributed by atoms with Crippen molar-refractivity contribution in [2.75, 3.05) is 24.5 Å². The van der Waals surface area contributed by atoms with Crippen molar-refractivity contribution >= 4 is 11.6 Å². The summed E-state index contributed by atoms with van der Waals surface area (Å²) in [4.78, 5) is 14.1. The average Bonchev–Trinajstić information content (AvgIpc) is 2.43. The number of hydrogen-bond donors (Lipinski definition) is 1. The fourth-order valence-electron chi connectivity index (χ4n) is 2.39. The number of hydrogen-bond acceptors (Lipinski definition) is 2. The minimum Gasteiger partial charge on any atom is -0.311 e. The standard InChI is InChI=1S/C15H22N2O/c1-2-3-10-16-12-15(18)17-11-6-8-13-7-4-5-9-14(13)17/h4-5,7,9,16H,2-3,6,8,10-12H2,1H3. The van der Waals surface area contributed by atoms with Crippen LogP contribution in [0.5, 0.6) is 0 Å². The maximum Gasteiger partial charge on any atom is 0.240 e. The molecule has 98 valence electrons. The number of carbonyl (C=O) groups excluding carboxylic acids is 1. The fraction of sp³-hybridized carbons (Fsp3) is 0.533. The molecule has 1 aromatic carbocycles. The third-order valence-electron chi connectivity index (χ3n) is 3.39. The van der Waals surface area contributed by atoms with Gasteiger partial charge in [-0.2, -0.15) is 0 Å². The SMILES string of the molecule is CCCCNCC(=O)N1CCCc2ccccc21. The maximum atomic E-state index is 12.2. The quantitative estimate of drug-likeness (QED) is 0.809. The highest BCUT2D eigenvalue weighted by Crippen LogP contribution is 2.26. The Kier molecular flexibility index (Phi) is 4.76. The Hall–Kier alpha value is -1.35. The summed E-state index contributed by atoms with van der Waals surface area (Å²) in [5, 5.41) is 3.22. The Labute approximate surface area is 109 Å². The summed E-state index contributed by atoms with van der Waals surface area (Å²) in [5.74, 6) is 0.193. The Morgan fingerprint density at radius 3 is 3.06 bits per heavy atom. The summed E-state index contributed by atoms with van der Waals surface area (Å²) in [6.07, 6.45) is 4.44. The zero-order valence-electron chi connectivity index (χ0n) is 11.1. The molecule has 0 atom stereocenters. The highest BCUT2D eigenvalue weighted by atomic mass is 16.2. The molecule has 18 heavy (non-hydrogen) atoms. The van der Waals surface area contributed by atoms with Gasteiger partial charge in [-0.3, -0.25) is 4.79 Å². The molecule has 0 unspecified atom stereocenters. The van der Waals surface area contributed by atoms with E-state index < -0.39 is 0 Å². The largest absolute Gasteiger partial charge is 0.311 e. The molecular weight excluding hydrogens is 224 g/mol. The van der Waals surface area contributed by atoms with Gasteiger partial charge in [-0.25, -0.2) is 0 Å². The van der Waals surface area contributed by atoms with Gasteiger partial charge in [0, 0.05) is 12.2 Å². The van der Waals surface area contributed by atoms with Gasteiger partial charge in [-0.15, -0.1) is 0 Å². The molecule has 0 aliphatic carbocycles. The lowest BCUT2D eigenvalue weighted by atomic mass is 10.0. The molecule has 0 saturated heterocycles. The van der Waals surface area contributed by atoms with Crippen molar-refractivity contribution in [2.45, 2.75) is 32.6 Å². The normalized spacial score (nSPS) is 14.4. The molecule has 0 fully saturated rings. The van der Waals surface area contributed by atoms with E-state index in [1.165, 1.54) is 5.56 Å². The van der Waals surface area contributed by atoms with Gasteiger partial charge >= 0.3 is 0 Å². The van der Waals surface area contributed by atoms with Crippen LogP contribution in [-0.2, 0) is 11.2 Å². The van der Waals surface area contributed by atoms with Crippen molar-refractivity contribution in [3.05, 3.63) is 29.8 Å². The minimum absolute atomic E-state index is 0.193. The molecule has 3 heteroatoms. The van der Waals surface area contributed by atoms with Crippen molar-refractivity contribution in [1.82, 2.24) is 5.32 Å². The van der Waals surface area contributed by atoms with Crippen molar-refractivity contribution in [3.63, 3.8) is 0 Å². The molecule has 1 heterocycles.